The number of hydrogen-bond acceptors (Lipinski definition) is 9. The molecule has 13 nitrogen and oxygen atoms in total. The highest BCUT2D eigenvalue weighted by atomic mass is 16.6. The lowest BCUT2D eigenvalue weighted by Crippen LogP contribution is -2.44. The maximum absolute atomic E-state index is 14.1. The number of aryl methyl sites for hydroxylation is 1. The van der Waals surface area contributed by atoms with Gasteiger partial charge in [-0.2, -0.15) is 0 Å². The summed E-state index contributed by atoms with van der Waals surface area (Å²) in [4.78, 5) is 39.3. The first kappa shape index (κ1) is 35.6. The van der Waals surface area contributed by atoms with Crippen LogP contribution in [-0.4, -0.2) is 55.7 Å². The molecule has 0 spiro atoms. The van der Waals surface area contributed by atoms with Crippen LogP contribution in [0.4, 0.5) is 17.1 Å². The Kier molecular flexibility index (Phi) is 10.5. The van der Waals surface area contributed by atoms with Gasteiger partial charge in [-0.05, 0) is 60.0 Å². The molecule has 266 valence electrons. The summed E-state index contributed by atoms with van der Waals surface area (Å²) in [7, 11) is 1.55. The number of nitro benzene ring substituents is 1. The Labute approximate surface area is 299 Å². The minimum absolute atomic E-state index is 0.0849. The summed E-state index contributed by atoms with van der Waals surface area (Å²) in [6, 6.07) is 27.3. The predicted molar refractivity (Wildman–Crippen MR) is 194 cm³/mol. The van der Waals surface area contributed by atoms with E-state index in [4.69, 9.17) is 4.74 Å². The quantitative estimate of drug-likeness (QED) is 0.0758. The van der Waals surface area contributed by atoms with Gasteiger partial charge >= 0.3 is 0 Å². The van der Waals surface area contributed by atoms with Crippen molar-refractivity contribution in [1.82, 2.24) is 15.0 Å². The molecule has 0 aliphatic carbocycles. The highest BCUT2D eigenvalue weighted by Gasteiger charge is 2.53. The summed E-state index contributed by atoms with van der Waals surface area (Å²) in [5, 5.41) is 45.0. The van der Waals surface area contributed by atoms with Gasteiger partial charge < -0.3 is 25.2 Å². The molecule has 0 radical (unpaired) electrons. The van der Waals surface area contributed by atoms with Crippen molar-refractivity contribution in [1.29, 1.82) is 0 Å². The average molecular weight is 703 g/mol. The third kappa shape index (κ3) is 7.31. The van der Waals surface area contributed by atoms with E-state index in [1.807, 2.05) is 36.4 Å². The number of benzene rings is 4. The van der Waals surface area contributed by atoms with E-state index in [-0.39, 0.29) is 36.2 Å². The standard InChI is InChI=1S/C39H38N6O7/c1-26(8-6-7-21-43-24-35(41-42-43)33(25-46)28-9-4-3-5-10-28)39(49)34-22-31(45(50)51)17-20-36(34)44(38(39)48)23-27-11-15-30(16-12-27)40-37(47)29-13-18-32(52-2)19-14-29/h3-6,8-20,22,24,26,33,46,49H,7,21,23,25H2,1-2H3,(H,40,47)/b8-6+/t26-,33?,39+/m0/s1. The fourth-order valence-corrected chi connectivity index (χ4v) is 6.31. The lowest BCUT2D eigenvalue weighted by Gasteiger charge is -2.27. The van der Waals surface area contributed by atoms with Crippen LogP contribution < -0.4 is 15.0 Å². The summed E-state index contributed by atoms with van der Waals surface area (Å²) in [5.74, 6) is -1.31. The number of anilines is 2. The van der Waals surface area contributed by atoms with Gasteiger partial charge in [-0.25, -0.2) is 0 Å². The second-order valence-electron chi connectivity index (χ2n) is 12.6. The molecule has 3 N–H and O–H groups in total. The number of fused-ring (bicyclic) bond motifs is 1. The van der Waals surface area contributed by atoms with Gasteiger partial charge in [-0.15, -0.1) is 5.10 Å². The predicted octanol–water partition coefficient (Wildman–Crippen LogP) is 5.59. The Balaban J connectivity index is 1.14. The number of methoxy groups -OCH3 is 1. The Hall–Kier alpha value is -6.18. The molecule has 1 unspecified atom stereocenters. The molecule has 4 aromatic carbocycles. The topological polar surface area (TPSA) is 173 Å². The second kappa shape index (κ2) is 15.4. The molecule has 52 heavy (non-hydrogen) atoms. The number of hydrogen-bond donors (Lipinski definition) is 3. The molecule has 0 fully saturated rings. The number of amides is 2. The summed E-state index contributed by atoms with van der Waals surface area (Å²) in [5.41, 5.74) is 1.54. The Morgan fingerprint density at radius 2 is 1.79 bits per heavy atom. The second-order valence-corrected chi connectivity index (χ2v) is 12.6. The van der Waals surface area contributed by atoms with Crippen LogP contribution >= 0.6 is 0 Å². The number of allylic oxidation sites excluding steroid dienone is 1. The van der Waals surface area contributed by atoms with Crippen molar-refractivity contribution in [3.05, 3.63) is 153 Å². The largest absolute Gasteiger partial charge is 0.497 e. The summed E-state index contributed by atoms with van der Waals surface area (Å²) >= 11 is 0. The molecule has 3 atom stereocenters. The number of rotatable bonds is 14. The van der Waals surface area contributed by atoms with Gasteiger partial charge in [0.05, 0.1) is 42.5 Å². The normalized spacial score (nSPS) is 16.5. The van der Waals surface area contributed by atoms with Crippen LogP contribution in [0.1, 0.15) is 52.0 Å². The van der Waals surface area contributed by atoms with Crippen molar-refractivity contribution in [2.45, 2.75) is 38.0 Å². The van der Waals surface area contributed by atoms with Crippen LogP contribution in [0.25, 0.3) is 0 Å². The number of aliphatic hydroxyl groups is 2. The highest BCUT2D eigenvalue weighted by molar-refractivity contribution is 6.07. The van der Waals surface area contributed by atoms with Crippen molar-refractivity contribution in [3.63, 3.8) is 0 Å². The van der Waals surface area contributed by atoms with Crippen molar-refractivity contribution in [2.75, 3.05) is 23.9 Å². The molecule has 6 rings (SSSR count). The van der Waals surface area contributed by atoms with Gasteiger partial charge in [-0.1, -0.05) is 66.8 Å². The maximum atomic E-state index is 14.1. The van der Waals surface area contributed by atoms with E-state index < -0.39 is 22.3 Å². The average Bonchev–Trinajstić information content (AvgIpc) is 3.72. The van der Waals surface area contributed by atoms with Gasteiger partial charge in [0.2, 0.25) is 0 Å². The molecular weight excluding hydrogens is 664 g/mol. The first-order chi connectivity index (χ1) is 25.1. The van der Waals surface area contributed by atoms with Crippen LogP contribution in [0.15, 0.2) is 115 Å². The number of nitrogens with zero attached hydrogens (tertiary/aromatic N) is 5. The van der Waals surface area contributed by atoms with Gasteiger partial charge in [0.15, 0.2) is 5.60 Å². The highest BCUT2D eigenvalue weighted by Crippen LogP contribution is 2.47. The smallest absolute Gasteiger partial charge is 0.269 e. The number of non-ortho nitro benzene ring substituents is 1. The minimum atomic E-state index is -2.06. The van der Waals surface area contributed by atoms with E-state index in [0.717, 1.165) is 11.1 Å². The summed E-state index contributed by atoms with van der Waals surface area (Å²) < 4.78 is 6.81. The molecule has 2 heterocycles. The van der Waals surface area contributed by atoms with Crippen LogP contribution in [0.5, 0.6) is 5.75 Å². The number of nitrogens with one attached hydrogen (secondary N) is 1. The zero-order chi connectivity index (χ0) is 36.8. The molecule has 5 aromatic rings. The first-order valence-electron chi connectivity index (χ1n) is 16.7. The van der Waals surface area contributed by atoms with Gasteiger partial charge in [-0.3, -0.25) is 24.4 Å². The number of ether oxygens (including phenoxy) is 1. The van der Waals surface area contributed by atoms with Crippen LogP contribution in [0.3, 0.4) is 0 Å². The Bertz CT molecular complexity index is 2080. The Morgan fingerprint density at radius 1 is 1.06 bits per heavy atom. The number of nitro groups is 1. The molecule has 13 heteroatoms. The van der Waals surface area contributed by atoms with E-state index in [9.17, 15) is 29.9 Å². The molecule has 2 amide bonds. The minimum Gasteiger partial charge on any atom is -0.497 e. The van der Waals surface area contributed by atoms with Gasteiger partial charge in [0.1, 0.15) is 5.75 Å². The van der Waals surface area contributed by atoms with E-state index in [1.165, 1.54) is 23.1 Å². The van der Waals surface area contributed by atoms with E-state index in [0.29, 0.717) is 41.3 Å². The lowest BCUT2D eigenvalue weighted by atomic mass is 9.82. The van der Waals surface area contributed by atoms with Crippen LogP contribution in [-0.2, 0) is 23.5 Å². The number of carbonyl (C=O) groups excluding carboxylic acids is 2. The van der Waals surface area contributed by atoms with Crippen molar-refractivity contribution in [3.8, 4) is 5.75 Å². The zero-order valence-electron chi connectivity index (χ0n) is 28.6. The van der Waals surface area contributed by atoms with E-state index in [2.05, 4.69) is 15.6 Å². The van der Waals surface area contributed by atoms with Crippen molar-refractivity contribution in [2.24, 2.45) is 5.92 Å². The van der Waals surface area contributed by atoms with Crippen molar-refractivity contribution >= 4 is 28.9 Å². The SMILES string of the molecule is COc1ccc(C(=O)Nc2ccc(CN3C(=O)[C@@](O)([C@@H](C)/C=C/CCn4cc(C(CO)c5ccccc5)nn4)c4cc([N+](=O)[O-])ccc43)cc2)cc1. The molecule has 0 saturated heterocycles. The molecular formula is C39H38N6O7. The molecule has 1 aromatic heterocycles. The molecule has 0 bridgehead atoms. The number of aromatic nitrogens is 3. The van der Waals surface area contributed by atoms with Gasteiger partial charge in [0.25, 0.3) is 17.5 Å². The summed E-state index contributed by atoms with van der Waals surface area (Å²) in [6.45, 7) is 2.13. The van der Waals surface area contributed by atoms with Crippen molar-refractivity contribution < 1.29 is 29.5 Å². The molecule has 0 saturated carbocycles. The van der Waals surface area contributed by atoms with Crippen LogP contribution in [0, 0.1) is 16.0 Å². The third-order valence-electron chi connectivity index (χ3n) is 9.27. The fraction of sp³-hybridized carbons (Fsp3) is 0.231. The number of aliphatic hydroxyl groups excluding tert-OH is 1. The lowest BCUT2D eigenvalue weighted by molar-refractivity contribution is -0.385. The Morgan fingerprint density at radius 3 is 2.46 bits per heavy atom. The van der Waals surface area contributed by atoms with E-state index >= 15 is 0 Å². The molecule has 1 aliphatic rings. The third-order valence-corrected chi connectivity index (χ3v) is 9.27. The van der Waals surface area contributed by atoms with E-state index in [1.54, 1.807) is 79.5 Å². The van der Waals surface area contributed by atoms with Gasteiger partial charge in [0, 0.05) is 47.6 Å². The molecule has 1 aliphatic heterocycles. The number of carbonyl (C=O) groups is 2. The summed E-state index contributed by atoms with van der Waals surface area (Å²) in [6.07, 6.45) is 5.84. The zero-order valence-corrected chi connectivity index (χ0v) is 28.6. The fourth-order valence-electron chi connectivity index (χ4n) is 6.31. The van der Waals surface area contributed by atoms with Crippen LogP contribution in [0.2, 0.25) is 0 Å². The monoisotopic (exact) mass is 702 g/mol. The maximum Gasteiger partial charge on any atom is 0.269 e. The first-order valence-corrected chi connectivity index (χ1v) is 16.7.